The first-order valence-corrected chi connectivity index (χ1v) is 8.22. The molecule has 0 saturated carbocycles. The van der Waals surface area contributed by atoms with Crippen LogP contribution in [0.2, 0.25) is 0 Å². The summed E-state index contributed by atoms with van der Waals surface area (Å²) in [5.74, 6) is -0.424. The molecule has 0 aliphatic heterocycles. The molecule has 2 N–H and O–H groups in total. The predicted molar refractivity (Wildman–Crippen MR) is 98.8 cm³/mol. The van der Waals surface area contributed by atoms with Crippen LogP contribution in [0.4, 0.5) is 5.69 Å². The van der Waals surface area contributed by atoms with Crippen LogP contribution >= 0.6 is 0 Å². The molecule has 0 radical (unpaired) electrons. The van der Waals surface area contributed by atoms with Gasteiger partial charge in [0.25, 0.3) is 5.91 Å². The van der Waals surface area contributed by atoms with E-state index in [9.17, 15) is 9.59 Å². The molecule has 0 aliphatic carbocycles. The Hall–Kier alpha value is -3.33. The Balaban J connectivity index is 1.89. The fraction of sp³-hybridized carbons (Fsp3) is 0.250. The lowest BCUT2D eigenvalue weighted by atomic mass is 10.1. The Morgan fingerprint density at radius 2 is 1.77 bits per heavy atom. The van der Waals surface area contributed by atoms with Crippen molar-refractivity contribution in [3.63, 3.8) is 0 Å². The Morgan fingerprint density at radius 1 is 1.12 bits per heavy atom. The molecule has 26 heavy (non-hydrogen) atoms. The molecule has 0 aromatic heterocycles. The molecular weight excluding hydrogens is 330 g/mol. The van der Waals surface area contributed by atoms with Gasteiger partial charge in [0, 0.05) is 5.69 Å². The molecule has 0 heterocycles. The number of nitrogens with zero attached hydrogens (tertiary/aromatic N) is 1. The monoisotopic (exact) mass is 351 g/mol. The summed E-state index contributed by atoms with van der Waals surface area (Å²) in [6.45, 7) is 5.21. The van der Waals surface area contributed by atoms with Gasteiger partial charge in [0.1, 0.15) is 11.8 Å². The van der Waals surface area contributed by atoms with E-state index in [2.05, 4.69) is 10.6 Å². The first-order chi connectivity index (χ1) is 12.4. The number of hydrogen-bond donors (Lipinski definition) is 2. The number of anilines is 1. The van der Waals surface area contributed by atoms with Gasteiger partial charge in [-0.1, -0.05) is 30.3 Å². The standard InChI is InChI=1S/C20H21N3O3/c1-13-7-6-8-14(2)19(13)23-18(24)12-22-20(25)15(3)26-17-10-5-4-9-16(17)11-21/h4-10,15H,12H2,1-3H3,(H,22,25)(H,23,24)/t15-/m1/s1. The number of aryl methyl sites for hydroxylation is 2. The molecule has 2 aromatic carbocycles. The molecule has 0 fully saturated rings. The van der Waals surface area contributed by atoms with Crippen molar-refractivity contribution in [2.45, 2.75) is 26.9 Å². The van der Waals surface area contributed by atoms with E-state index in [1.54, 1.807) is 31.2 Å². The summed E-state index contributed by atoms with van der Waals surface area (Å²) in [4.78, 5) is 24.2. The third kappa shape index (κ3) is 4.84. The van der Waals surface area contributed by atoms with E-state index < -0.39 is 12.0 Å². The molecule has 0 unspecified atom stereocenters. The smallest absolute Gasteiger partial charge is 0.261 e. The lowest BCUT2D eigenvalue weighted by Gasteiger charge is -2.16. The van der Waals surface area contributed by atoms with Gasteiger partial charge in [-0.05, 0) is 44.0 Å². The van der Waals surface area contributed by atoms with Crippen LogP contribution in [-0.4, -0.2) is 24.5 Å². The Bertz CT molecular complexity index is 835. The van der Waals surface area contributed by atoms with Crippen LogP contribution in [0.25, 0.3) is 0 Å². The van der Waals surface area contributed by atoms with Crippen molar-refractivity contribution >= 4 is 17.5 Å². The van der Waals surface area contributed by atoms with Crippen molar-refractivity contribution in [3.05, 3.63) is 59.2 Å². The summed E-state index contributed by atoms with van der Waals surface area (Å²) in [7, 11) is 0. The number of hydrogen-bond acceptors (Lipinski definition) is 4. The quantitative estimate of drug-likeness (QED) is 0.837. The van der Waals surface area contributed by atoms with Crippen molar-refractivity contribution in [3.8, 4) is 11.8 Å². The molecule has 6 nitrogen and oxygen atoms in total. The van der Waals surface area contributed by atoms with Crippen LogP contribution < -0.4 is 15.4 Å². The van der Waals surface area contributed by atoms with Gasteiger partial charge in [-0.15, -0.1) is 0 Å². The van der Waals surface area contributed by atoms with E-state index in [0.717, 1.165) is 16.8 Å². The molecule has 2 rings (SSSR count). The number of ether oxygens (including phenoxy) is 1. The maximum atomic E-state index is 12.1. The molecule has 0 spiro atoms. The molecule has 1 atom stereocenters. The zero-order chi connectivity index (χ0) is 19.1. The minimum absolute atomic E-state index is 0.166. The Kier molecular flexibility index (Phi) is 6.34. The van der Waals surface area contributed by atoms with Crippen LogP contribution in [-0.2, 0) is 9.59 Å². The summed E-state index contributed by atoms with van der Waals surface area (Å²) in [5.41, 5.74) is 3.00. The molecule has 0 aliphatic rings. The molecule has 6 heteroatoms. The lowest BCUT2D eigenvalue weighted by Crippen LogP contribution is -2.40. The van der Waals surface area contributed by atoms with Crippen molar-refractivity contribution < 1.29 is 14.3 Å². The zero-order valence-corrected chi connectivity index (χ0v) is 15.0. The third-order valence-corrected chi connectivity index (χ3v) is 3.85. The van der Waals surface area contributed by atoms with Crippen LogP contribution in [0.15, 0.2) is 42.5 Å². The number of amides is 2. The normalized spacial score (nSPS) is 11.2. The lowest BCUT2D eigenvalue weighted by molar-refractivity contribution is -0.129. The second-order valence-corrected chi connectivity index (χ2v) is 5.90. The third-order valence-electron chi connectivity index (χ3n) is 3.85. The van der Waals surface area contributed by atoms with Crippen molar-refractivity contribution in [2.75, 3.05) is 11.9 Å². The first-order valence-electron chi connectivity index (χ1n) is 8.22. The Morgan fingerprint density at radius 3 is 2.42 bits per heavy atom. The molecule has 134 valence electrons. The number of carbonyl (C=O) groups is 2. The number of rotatable bonds is 6. The van der Waals surface area contributed by atoms with Crippen molar-refractivity contribution in [1.82, 2.24) is 5.32 Å². The highest BCUT2D eigenvalue weighted by Gasteiger charge is 2.17. The van der Waals surface area contributed by atoms with E-state index in [0.29, 0.717) is 11.3 Å². The van der Waals surface area contributed by atoms with E-state index in [4.69, 9.17) is 10.00 Å². The molecule has 0 bridgehead atoms. The fourth-order valence-corrected chi connectivity index (χ4v) is 2.41. The molecular formula is C20H21N3O3. The molecule has 0 saturated heterocycles. The number of nitrogens with one attached hydrogen (secondary N) is 2. The van der Waals surface area contributed by atoms with Gasteiger partial charge in [0.15, 0.2) is 6.10 Å². The topological polar surface area (TPSA) is 91.2 Å². The van der Waals surface area contributed by atoms with Gasteiger partial charge in [0.2, 0.25) is 5.91 Å². The van der Waals surface area contributed by atoms with Crippen LogP contribution in [0.5, 0.6) is 5.75 Å². The van der Waals surface area contributed by atoms with E-state index in [1.165, 1.54) is 0 Å². The minimum Gasteiger partial charge on any atom is -0.480 e. The highest BCUT2D eigenvalue weighted by atomic mass is 16.5. The fourth-order valence-electron chi connectivity index (χ4n) is 2.41. The second kappa shape index (κ2) is 8.67. The Labute approximate surface area is 152 Å². The highest BCUT2D eigenvalue weighted by molar-refractivity contribution is 5.96. The summed E-state index contributed by atoms with van der Waals surface area (Å²) >= 11 is 0. The van der Waals surface area contributed by atoms with Gasteiger partial charge < -0.3 is 15.4 Å². The van der Waals surface area contributed by atoms with Gasteiger partial charge in [-0.25, -0.2) is 0 Å². The number of carbonyl (C=O) groups excluding carboxylic acids is 2. The zero-order valence-electron chi connectivity index (χ0n) is 15.0. The van der Waals surface area contributed by atoms with Gasteiger partial charge in [0.05, 0.1) is 12.1 Å². The van der Waals surface area contributed by atoms with E-state index >= 15 is 0 Å². The second-order valence-electron chi connectivity index (χ2n) is 5.90. The SMILES string of the molecule is Cc1cccc(C)c1NC(=O)CNC(=O)[C@@H](C)Oc1ccccc1C#N. The maximum Gasteiger partial charge on any atom is 0.261 e. The van der Waals surface area contributed by atoms with E-state index in [-0.39, 0.29) is 12.5 Å². The number of nitriles is 1. The number of para-hydroxylation sites is 2. The van der Waals surface area contributed by atoms with Crippen molar-refractivity contribution in [2.24, 2.45) is 0 Å². The van der Waals surface area contributed by atoms with Crippen LogP contribution in [0, 0.1) is 25.2 Å². The average Bonchev–Trinajstić information content (AvgIpc) is 2.63. The maximum absolute atomic E-state index is 12.1. The highest BCUT2D eigenvalue weighted by Crippen LogP contribution is 2.19. The molecule has 2 aromatic rings. The van der Waals surface area contributed by atoms with Gasteiger partial charge in [-0.2, -0.15) is 5.26 Å². The van der Waals surface area contributed by atoms with Crippen LogP contribution in [0.3, 0.4) is 0 Å². The summed E-state index contributed by atoms with van der Waals surface area (Å²) < 4.78 is 5.52. The summed E-state index contributed by atoms with van der Waals surface area (Å²) in [6.07, 6.45) is -0.836. The van der Waals surface area contributed by atoms with Gasteiger partial charge >= 0.3 is 0 Å². The van der Waals surface area contributed by atoms with Crippen molar-refractivity contribution in [1.29, 1.82) is 5.26 Å². The number of benzene rings is 2. The minimum atomic E-state index is -0.836. The predicted octanol–water partition coefficient (Wildman–Crippen LogP) is 2.70. The van der Waals surface area contributed by atoms with Crippen LogP contribution in [0.1, 0.15) is 23.6 Å². The van der Waals surface area contributed by atoms with Gasteiger partial charge in [-0.3, -0.25) is 9.59 Å². The average molecular weight is 351 g/mol. The summed E-state index contributed by atoms with van der Waals surface area (Å²) in [5, 5.41) is 14.4. The first kappa shape index (κ1) is 19.0. The summed E-state index contributed by atoms with van der Waals surface area (Å²) in [6, 6.07) is 14.4. The van der Waals surface area contributed by atoms with E-state index in [1.807, 2.05) is 38.1 Å². The largest absolute Gasteiger partial charge is 0.480 e. The molecule has 2 amide bonds.